The zero-order chi connectivity index (χ0) is 21.5. The van der Waals surface area contributed by atoms with Crippen LogP contribution in [-0.4, -0.2) is 43.0 Å². The molecule has 0 heterocycles. The van der Waals surface area contributed by atoms with Crippen LogP contribution in [0, 0.1) is 11.8 Å². The van der Waals surface area contributed by atoms with E-state index in [1.807, 2.05) is 30.3 Å². The molecule has 0 bridgehead atoms. The van der Waals surface area contributed by atoms with Gasteiger partial charge in [-0.3, -0.25) is 14.8 Å². The van der Waals surface area contributed by atoms with Gasteiger partial charge in [-0.25, -0.2) is 13.9 Å². The van der Waals surface area contributed by atoms with Crippen LogP contribution in [0.5, 0.6) is 0 Å². The van der Waals surface area contributed by atoms with Crippen molar-refractivity contribution >= 4 is 21.7 Å². The maximum atomic E-state index is 12.3. The van der Waals surface area contributed by atoms with Gasteiger partial charge in [-0.15, -0.1) is 0 Å². The summed E-state index contributed by atoms with van der Waals surface area (Å²) < 4.78 is 22.0. The van der Waals surface area contributed by atoms with Crippen molar-refractivity contribution in [1.82, 2.24) is 10.8 Å². The van der Waals surface area contributed by atoms with Crippen molar-refractivity contribution in [2.45, 2.75) is 18.1 Å². The fourth-order valence-electron chi connectivity index (χ4n) is 2.47. The largest absolute Gasteiger partial charge is 0.352 e. The van der Waals surface area contributed by atoms with Crippen LogP contribution in [0.4, 0.5) is 0 Å². The van der Waals surface area contributed by atoms with Gasteiger partial charge in [0.15, 0.2) is 14.6 Å². The van der Waals surface area contributed by atoms with Crippen molar-refractivity contribution in [2.24, 2.45) is 0 Å². The van der Waals surface area contributed by atoms with Crippen molar-refractivity contribution < 1.29 is 23.2 Å². The molecule has 8 heteroatoms. The summed E-state index contributed by atoms with van der Waals surface area (Å²) in [6.07, 6.45) is 0.712. The van der Waals surface area contributed by atoms with E-state index in [0.717, 1.165) is 17.4 Å². The standard InChI is InChI=1S/C21H22N2O5S/c1-21(20(25)23-26,29(2,27)28)14-15-22-19(24)18-12-10-17(11-13-18)9-8-16-6-4-3-5-7-16/h3-7,10-13,26H,14-15H2,1-2H3,(H,22,24)(H,23,25). The molecule has 1 atom stereocenters. The fourth-order valence-corrected chi connectivity index (χ4v) is 3.33. The van der Waals surface area contributed by atoms with Crippen molar-refractivity contribution in [1.29, 1.82) is 0 Å². The first-order chi connectivity index (χ1) is 13.7. The van der Waals surface area contributed by atoms with E-state index in [2.05, 4.69) is 17.2 Å². The molecule has 2 rings (SSSR count). The monoisotopic (exact) mass is 414 g/mol. The predicted molar refractivity (Wildman–Crippen MR) is 109 cm³/mol. The highest BCUT2D eigenvalue weighted by atomic mass is 32.2. The molecule has 0 saturated carbocycles. The molecule has 0 radical (unpaired) electrons. The molecular formula is C21H22N2O5S. The molecule has 7 nitrogen and oxygen atoms in total. The summed E-state index contributed by atoms with van der Waals surface area (Å²) in [6.45, 7) is 1.13. The lowest BCUT2D eigenvalue weighted by molar-refractivity contribution is -0.131. The van der Waals surface area contributed by atoms with E-state index in [0.29, 0.717) is 5.56 Å². The third-order valence-electron chi connectivity index (χ3n) is 4.56. The van der Waals surface area contributed by atoms with Crippen LogP contribution in [0.15, 0.2) is 54.6 Å². The summed E-state index contributed by atoms with van der Waals surface area (Å²) in [4.78, 5) is 24.0. The molecule has 0 aliphatic heterocycles. The number of benzene rings is 2. The Morgan fingerprint density at radius 1 is 1.00 bits per heavy atom. The summed E-state index contributed by atoms with van der Waals surface area (Å²) in [5.74, 6) is 4.58. The Bertz CT molecular complexity index is 1040. The Morgan fingerprint density at radius 2 is 1.55 bits per heavy atom. The molecule has 2 aromatic rings. The van der Waals surface area contributed by atoms with Gasteiger partial charge in [0.1, 0.15) is 0 Å². The number of amides is 2. The number of carbonyl (C=O) groups excluding carboxylic acids is 2. The third kappa shape index (κ3) is 5.67. The number of rotatable bonds is 6. The Hall–Kier alpha value is -3.15. The molecular weight excluding hydrogens is 392 g/mol. The smallest absolute Gasteiger partial charge is 0.264 e. The first-order valence-electron chi connectivity index (χ1n) is 8.77. The topological polar surface area (TPSA) is 113 Å². The maximum Gasteiger partial charge on any atom is 0.264 e. The summed E-state index contributed by atoms with van der Waals surface area (Å²) in [5.41, 5.74) is 3.38. The lowest BCUT2D eigenvalue weighted by atomic mass is 10.1. The maximum absolute atomic E-state index is 12.3. The molecule has 0 aromatic heterocycles. The average molecular weight is 414 g/mol. The van der Waals surface area contributed by atoms with Gasteiger partial charge >= 0.3 is 0 Å². The van der Waals surface area contributed by atoms with Crippen LogP contribution in [0.1, 0.15) is 34.8 Å². The van der Waals surface area contributed by atoms with Gasteiger partial charge in [0.05, 0.1) is 0 Å². The zero-order valence-electron chi connectivity index (χ0n) is 16.1. The summed E-state index contributed by atoms with van der Waals surface area (Å²) >= 11 is 0. The molecule has 3 N–H and O–H groups in total. The summed E-state index contributed by atoms with van der Waals surface area (Å²) in [5, 5.41) is 11.4. The number of hydrogen-bond acceptors (Lipinski definition) is 5. The van der Waals surface area contributed by atoms with Crippen LogP contribution in [0.2, 0.25) is 0 Å². The molecule has 152 valence electrons. The van der Waals surface area contributed by atoms with E-state index in [4.69, 9.17) is 5.21 Å². The minimum absolute atomic E-state index is 0.0641. The van der Waals surface area contributed by atoms with Crippen molar-refractivity contribution in [3.8, 4) is 11.8 Å². The van der Waals surface area contributed by atoms with E-state index < -0.39 is 26.4 Å². The molecule has 0 spiro atoms. The van der Waals surface area contributed by atoms with E-state index in [9.17, 15) is 18.0 Å². The molecule has 0 fully saturated rings. The number of carbonyl (C=O) groups is 2. The van der Waals surface area contributed by atoms with Gasteiger partial charge in [0.25, 0.3) is 11.8 Å². The lowest BCUT2D eigenvalue weighted by Crippen LogP contribution is -2.50. The average Bonchev–Trinajstić information content (AvgIpc) is 2.71. The van der Waals surface area contributed by atoms with E-state index in [1.165, 1.54) is 12.4 Å². The van der Waals surface area contributed by atoms with Crippen molar-refractivity contribution in [3.63, 3.8) is 0 Å². The Kier molecular flexibility index (Phi) is 7.15. The fraction of sp³-hybridized carbons (Fsp3) is 0.238. The van der Waals surface area contributed by atoms with Crippen LogP contribution in [-0.2, 0) is 14.6 Å². The molecule has 0 aliphatic carbocycles. The molecule has 1 unspecified atom stereocenters. The van der Waals surface area contributed by atoms with Gasteiger partial charge in [0.2, 0.25) is 0 Å². The van der Waals surface area contributed by atoms with Crippen LogP contribution < -0.4 is 10.8 Å². The van der Waals surface area contributed by atoms with Crippen molar-refractivity contribution in [2.75, 3.05) is 12.8 Å². The van der Waals surface area contributed by atoms with E-state index in [1.54, 1.807) is 24.3 Å². The first-order valence-corrected chi connectivity index (χ1v) is 10.7. The van der Waals surface area contributed by atoms with Crippen LogP contribution >= 0.6 is 0 Å². The zero-order valence-corrected chi connectivity index (χ0v) is 16.9. The quantitative estimate of drug-likeness (QED) is 0.377. The Morgan fingerprint density at radius 3 is 2.07 bits per heavy atom. The second-order valence-corrected chi connectivity index (χ2v) is 9.09. The van der Waals surface area contributed by atoms with Crippen LogP contribution in [0.25, 0.3) is 0 Å². The minimum atomic E-state index is -3.81. The predicted octanol–water partition coefficient (Wildman–Crippen LogP) is 1.52. The van der Waals surface area contributed by atoms with Gasteiger partial charge < -0.3 is 5.32 Å². The molecule has 0 aliphatic rings. The number of sulfone groups is 1. The second-order valence-electron chi connectivity index (χ2n) is 6.64. The number of nitrogens with one attached hydrogen (secondary N) is 2. The van der Waals surface area contributed by atoms with Gasteiger partial charge in [-0.1, -0.05) is 30.0 Å². The van der Waals surface area contributed by atoms with Crippen molar-refractivity contribution in [3.05, 3.63) is 71.3 Å². The molecule has 0 saturated heterocycles. The van der Waals surface area contributed by atoms with E-state index in [-0.39, 0.29) is 13.0 Å². The highest BCUT2D eigenvalue weighted by molar-refractivity contribution is 7.92. The minimum Gasteiger partial charge on any atom is -0.352 e. The Balaban J connectivity index is 1.99. The van der Waals surface area contributed by atoms with Crippen LogP contribution in [0.3, 0.4) is 0 Å². The number of hydrogen-bond donors (Lipinski definition) is 3. The molecule has 29 heavy (non-hydrogen) atoms. The summed E-state index contributed by atoms with van der Waals surface area (Å²) in [7, 11) is -3.81. The molecule has 2 amide bonds. The number of hydroxylamine groups is 1. The summed E-state index contributed by atoms with van der Waals surface area (Å²) in [6, 6.07) is 16.2. The highest BCUT2D eigenvalue weighted by Gasteiger charge is 2.43. The normalized spacial score (nSPS) is 12.8. The van der Waals surface area contributed by atoms with E-state index >= 15 is 0 Å². The lowest BCUT2D eigenvalue weighted by Gasteiger charge is -2.25. The third-order valence-corrected chi connectivity index (χ3v) is 6.59. The SMILES string of the molecule is CC(CCNC(=O)c1ccc(C#Cc2ccccc2)cc1)(C(=O)NO)S(C)(=O)=O. The second kappa shape index (κ2) is 9.37. The highest BCUT2D eigenvalue weighted by Crippen LogP contribution is 2.20. The van der Waals surface area contributed by atoms with Gasteiger partial charge in [0, 0.05) is 29.5 Å². The first kappa shape index (κ1) is 22.1. The molecule has 2 aromatic carbocycles. The van der Waals surface area contributed by atoms with Gasteiger partial charge in [-0.2, -0.15) is 0 Å². The Labute approximate surface area is 170 Å². The van der Waals surface area contributed by atoms with Gasteiger partial charge in [-0.05, 0) is 49.7 Å².